The summed E-state index contributed by atoms with van der Waals surface area (Å²) in [5, 5.41) is 14.1. The van der Waals surface area contributed by atoms with Crippen molar-refractivity contribution in [1.29, 1.82) is 0 Å². The fourth-order valence-corrected chi connectivity index (χ4v) is 11.2. The molecule has 2 aromatic rings. The van der Waals surface area contributed by atoms with Gasteiger partial charge in [0.15, 0.2) is 9.84 Å². The highest BCUT2D eigenvalue weighted by atomic mass is 32.2. The molecule has 6 rings (SSSR count). The highest BCUT2D eigenvalue weighted by Gasteiger charge is 2.63. The second kappa shape index (κ2) is 14.6. The Labute approximate surface area is 304 Å². The van der Waals surface area contributed by atoms with Crippen LogP contribution in [0, 0.1) is 5.92 Å². The van der Waals surface area contributed by atoms with Crippen molar-refractivity contribution in [3.63, 3.8) is 0 Å². The molecule has 5 atom stereocenters. The highest BCUT2D eigenvalue weighted by Crippen LogP contribution is 2.48. The van der Waals surface area contributed by atoms with Crippen LogP contribution in [0.25, 0.3) is 11.1 Å². The average Bonchev–Trinajstić information content (AvgIpc) is 4.03. The van der Waals surface area contributed by atoms with Crippen LogP contribution in [-0.2, 0) is 39.0 Å². The van der Waals surface area contributed by atoms with E-state index in [-0.39, 0.29) is 31.4 Å². The third-order valence-electron chi connectivity index (χ3n) is 10.8. The summed E-state index contributed by atoms with van der Waals surface area (Å²) < 4.78 is 54.9. The highest BCUT2D eigenvalue weighted by molar-refractivity contribution is 7.92. The molecular formula is C37H46N4O9S2. The number of hydrogen-bond donors (Lipinski definition) is 4. The zero-order valence-corrected chi connectivity index (χ0v) is 30.8. The first-order chi connectivity index (χ1) is 24.7. The van der Waals surface area contributed by atoms with Crippen molar-refractivity contribution in [3.8, 4) is 11.1 Å². The van der Waals surface area contributed by atoms with E-state index in [1.807, 2.05) is 36.4 Å². The van der Waals surface area contributed by atoms with Gasteiger partial charge in [0.2, 0.25) is 21.8 Å². The van der Waals surface area contributed by atoms with E-state index < -0.39 is 83.8 Å². The Kier molecular flexibility index (Phi) is 10.6. The number of sulfone groups is 1. The fraction of sp³-hybridized carbons (Fsp3) is 0.514. The van der Waals surface area contributed by atoms with Crippen molar-refractivity contribution < 1.29 is 41.1 Å². The molecule has 2 aliphatic carbocycles. The maximum absolute atomic E-state index is 14.5. The molecule has 4 amide bonds. The van der Waals surface area contributed by atoms with Gasteiger partial charge in [0.25, 0.3) is 5.91 Å². The van der Waals surface area contributed by atoms with Crippen LogP contribution < -0.4 is 15.4 Å². The Morgan fingerprint density at radius 1 is 0.923 bits per heavy atom. The Hall–Kier alpha value is -4.24. The lowest BCUT2D eigenvalue weighted by Crippen LogP contribution is -2.58. The molecule has 2 aromatic carbocycles. The molecule has 3 fully saturated rings. The lowest BCUT2D eigenvalue weighted by molar-refractivity contribution is -0.141. The summed E-state index contributed by atoms with van der Waals surface area (Å²) in [6.07, 6.45) is 5.75. The van der Waals surface area contributed by atoms with Gasteiger partial charge in [-0.15, -0.1) is 0 Å². The summed E-state index contributed by atoms with van der Waals surface area (Å²) in [6.45, 7) is 1.30. The number of fused-ring (bicyclic) bond motifs is 2. The molecule has 0 bridgehead atoms. The quantitative estimate of drug-likeness (QED) is 0.277. The van der Waals surface area contributed by atoms with E-state index >= 15 is 0 Å². The minimum absolute atomic E-state index is 0.116. The molecule has 0 spiro atoms. The zero-order valence-electron chi connectivity index (χ0n) is 29.1. The van der Waals surface area contributed by atoms with Gasteiger partial charge >= 0.3 is 6.09 Å². The first-order valence-corrected chi connectivity index (χ1v) is 21.2. The fourth-order valence-electron chi connectivity index (χ4n) is 7.63. The van der Waals surface area contributed by atoms with Crippen LogP contribution in [0.3, 0.4) is 0 Å². The number of allylic oxidation sites excluding steroid dienone is 1. The molecular weight excluding hydrogens is 709 g/mol. The van der Waals surface area contributed by atoms with E-state index in [0.29, 0.717) is 44.1 Å². The molecule has 0 radical (unpaired) electrons. The number of amides is 4. The summed E-state index contributed by atoms with van der Waals surface area (Å²) in [4.78, 5) is 55.7. The largest absolute Gasteiger partial charge is 0.465 e. The van der Waals surface area contributed by atoms with Gasteiger partial charge in [0.05, 0.1) is 11.0 Å². The van der Waals surface area contributed by atoms with Crippen LogP contribution in [0.5, 0.6) is 0 Å². The van der Waals surface area contributed by atoms with Crippen molar-refractivity contribution in [2.24, 2.45) is 5.92 Å². The summed E-state index contributed by atoms with van der Waals surface area (Å²) in [6, 6.07) is 13.8. The van der Waals surface area contributed by atoms with Crippen LogP contribution in [0.15, 0.2) is 66.7 Å². The van der Waals surface area contributed by atoms with Gasteiger partial charge in [0, 0.05) is 18.9 Å². The van der Waals surface area contributed by atoms with Crippen LogP contribution in [0.4, 0.5) is 4.79 Å². The zero-order chi connectivity index (χ0) is 37.3. The monoisotopic (exact) mass is 754 g/mol. The first kappa shape index (κ1) is 37.5. The maximum atomic E-state index is 14.5. The number of sulfonamides is 1. The number of nitrogens with one attached hydrogen (secondary N) is 3. The van der Waals surface area contributed by atoms with E-state index in [1.54, 1.807) is 37.3 Å². The number of rotatable bonds is 9. The average molecular weight is 755 g/mol. The lowest BCUT2D eigenvalue weighted by Gasteiger charge is -2.31. The van der Waals surface area contributed by atoms with Crippen molar-refractivity contribution in [1.82, 2.24) is 20.3 Å². The molecule has 2 heterocycles. The van der Waals surface area contributed by atoms with Crippen molar-refractivity contribution in [3.05, 3.63) is 72.3 Å². The van der Waals surface area contributed by atoms with Gasteiger partial charge in [0.1, 0.15) is 22.4 Å². The first-order valence-electron chi connectivity index (χ1n) is 18.0. The predicted molar refractivity (Wildman–Crippen MR) is 194 cm³/mol. The normalized spacial score (nSPS) is 29.0. The molecule has 4 aliphatic rings. The topological polar surface area (TPSA) is 196 Å². The molecule has 2 aliphatic heterocycles. The Balaban J connectivity index is 1.43. The van der Waals surface area contributed by atoms with E-state index in [0.717, 1.165) is 16.0 Å². The van der Waals surface area contributed by atoms with Crippen molar-refractivity contribution in [2.45, 2.75) is 98.8 Å². The van der Waals surface area contributed by atoms with E-state index in [4.69, 9.17) is 0 Å². The standard InChI is InChI=1S/C37H46N4O9S2/c1-2-21-51(47,48)36(27-17-15-26(16-18-27)25-11-7-6-8-12-25)23-31-32(42)39-37(34(44)40-52(49,50)29-19-20-29)22-28(37)13-9-4-3-5-10-14-30(38-35(45)46)33(43)41(31)24-36/h6-9,11-13,15-18,28-31,38H,2-5,10,14,19-24H2,1H3,(H,39,42)(H,40,44)(H,45,46)/b13-9-/t28-,30+,31+,36+,37-/m1/s1. The van der Waals surface area contributed by atoms with Gasteiger partial charge in [-0.3, -0.25) is 19.1 Å². The minimum atomic E-state index is -4.06. The predicted octanol–water partition coefficient (Wildman–Crippen LogP) is 3.61. The molecule has 52 heavy (non-hydrogen) atoms. The van der Waals surface area contributed by atoms with Gasteiger partial charge in [-0.2, -0.15) is 0 Å². The van der Waals surface area contributed by atoms with E-state index in [9.17, 15) is 41.1 Å². The third-order valence-corrected chi connectivity index (χ3v) is 15.3. The summed E-state index contributed by atoms with van der Waals surface area (Å²) in [7, 11) is -8.02. The number of hydrogen-bond acceptors (Lipinski definition) is 8. The van der Waals surface area contributed by atoms with Gasteiger partial charge < -0.3 is 20.6 Å². The summed E-state index contributed by atoms with van der Waals surface area (Å²) in [5.74, 6) is -3.20. The van der Waals surface area contributed by atoms with Gasteiger partial charge in [-0.25, -0.2) is 21.6 Å². The molecule has 0 unspecified atom stereocenters. The number of carbonyl (C=O) groups excluding carboxylic acids is 3. The maximum Gasteiger partial charge on any atom is 0.405 e. The van der Waals surface area contributed by atoms with Crippen LogP contribution in [0.2, 0.25) is 0 Å². The Morgan fingerprint density at radius 3 is 2.27 bits per heavy atom. The minimum Gasteiger partial charge on any atom is -0.465 e. The van der Waals surface area contributed by atoms with Gasteiger partial charge in [-0.1, -0.05) is 86.5 Å². The smallest absolute Gasteiger partial charge is 0.405 e. The molecule has 4 N–H and O–H groups in total. The molecule has 15 heteroatoms. The number of carbonyl (C=O) groups is 4. The van der Waals surface area contributed by atoms with E-state index in [2.05, 4.69) is 15.4 Å². The second-order valence-electron chi connectivity index (χ2n) is 14.5. The Morgan fingerprint density at radius 2 is 1.62 bits per heavy atom. The van der Waals surface area contributed by atoms with E-state index in [1.165, 1.54) is 0 Å². The van der Waals surface area contributed by atoms with Crippen molar-refractivity contribution >= 4 is 43.7 Å². The number of benzene rings is 2. The summed E-state index contributed by atoms with van der Waals surface area (Å²) in [5.41, 5.74) is 0.493. The second-order valence-corrected chi connectivity index (χ2v) is 18.8. The third kappa shape index (κ3) is 7.47. The van der Waals surface area contributed by atoms with Crippen LogP contribution in [-0.4, -0.2) is 85.8 Å². The molecule has 13 nitrogen and oxygen atoms in total. The molecule has 1 saturated heterocycles. The lowest BCUT2D eigenvalue weighted by atomic mass is 9.93. The molecule has 0 aromatic heterocycles. The molecule has 2 saturated carbocycles. The SMILES string of the molecule is CCCS(=O)(=O)[C@@]1(c2ccc(-c3ccccc3)cc2)C[C@H]2C(=O)N[C@]3(C(=O)NS(=O)(=O)C4CC4)C[C@H]3/C=C\CCCCC[C@H](NC(=O)O)C(=O)N2C1. The van der Waals surface area contributed by atoms with Crippen LogP contribution in [0.1, 0.15) is 76.7 Å². The Bertz CT molecular complexity index is 1950. The van der Waals surface area contributed by atoms with Gasteiger partial charge in [-0.05, 0) is 61.6 Å². The number of carboxylic acid groups (broad SMARTS) is 1. The van der Waals surface area contributed by atoms with Crippen molar-refractivity contribution in [2.75, 3.05) is 12.3 Å². The number of nitrogens with zero attached hydrogens (tertiary/aromatic N) is 1. The van der Waals surface area contributed by atoms with Crippen LogP contribution >= 0.6 is 0 Å². The summed E-state index contributed by atoms with van der Waals surface area (Å²) >= 11 is 0. The molecule has 280 valence electrons.